The highest BCUT2D eigenvalue weighted by molar-refractivity contribution is 7.88. The number of nitrogens with zero attached hydrogens (tertiary/aromatic N) is 2. The monoisotopic (exact) mass is 557 g/mol. The van der Waals surface area contributed by atoms with Crippen molar-refractivity contribution in [1.29, 1.82) is 0 Å². The molecular formula is C28H32ClN3O5S. The van der Waals surface area contributed by atoms with Crippen LogP contribution in [-0.4, -0.2) is 62.4 Å². The van der Waals surface area contributed by atoms with Crippen LogP contribution >= 0.6 is 11.6 Å². The number of methoxy groups -OCH3 is 1. The Labute approximate surface area is 229 Å². The molecule has 2 amide bonds. The molecule has 1 atom stereocenters. The lowest BCUT2D eigenvalue weighted by Crippen LogP contribution is -2.52. The van der Waals surface area contributed by atoms with Gasteiger partial charge in [-0.15, -0.1) is 0 Å². The van der Waals surface area contributed by atoms with E-state index in [4.69, 9.17) is 16.3 Å². The molecule has 38 heavy (non-hydrogen) atoms. The van der Waals surface area contributed by atoms with E-state index in [9.17, 15) is 18.0 Å². The van der Waals surface area contributed by atoms with Crippen molar-refractivity contribution in [2.45, 2.75) is 25.6 Å². The lowest BCUT2D eigenvalue weighted by atomic mass is 10.0. The van der Waals surface area contributed by atoms with Gasteiger partial charge in [0.1, 0.15) is 11.8 Å². The van der Waals surface area contributed by atoms with Gasteiger partial charge in [-0.1, -0.05) is 72.3 Å². The van der Waals surface area contributed by atoms with Crippen LogP contribution in [0.4, 0.5) is 0 Å². The molecule has 3 aromatic carbocycles. The summed E-state index contributed by atoms with van der Waals surface area (Å²) in [6, 6.07) is 22.8. The van der Waals surface area contributed by atoms with Crippen molar-refractivity contribution >= 4 is 33.4 Å². The summed E-state index contributed by atoms with van der Waals surface area (Å²) in [6.07, 6.45) is 1.27. The van der Waals surface area contributed by atoms with E-state index in [1.54, 1.807) is 43.5 Å². The molecule has 0 saturated carbocycles. The van der Waals surface area contributed by atoms with Gasteiger partial charge in [0, 0.05) is 31.6 Å². The summed E-state index contributed by atoms with van der Waals surface area (Å²) in [5.41, 5.74) is 2.36. The molecule has 10 heteroatoms. The SMILES string of the molecule is COc1ccc(CN(C(=O)CN(C)S(C)(=O)=O)[C@@H](Cc2ccccc2)C(=O)NCc2ccccc2Cl)cc1. The molecule has 0 radical (unpaired) electrons. The van der Waals surface area contributed by atoms with Gasteiger partial charge in [-0.2, -0.15) is 4.31 Å². The van der Waals surface area contributed by atoms with Crippen molar-refractivity contribution in [3.63, 3.8) is 0 Å². The Morgan fingerprint density at radius 3 is 2.18 bits per heavy atom. The molecule has 0 aliphatic carbocycles. The highest BCUT2D eigenvalue weighted by Gasteiger charge is 2.32. The standard InChI is InChI=1S/C28H32ClN3O5S/c1-31(38(3,35)36)20-27(33)32(19-22-13-15-24(37-2)16-14-22)26(17-21-9-5-4-6-10-21)28(34)30-18-23-11-7-8-12-25(23)29/h4-16,26H,17-20H2,1-3H3,(H,30,34)/t26-/m0/s1. The van der Waals surface area contributed by atoms with E-state index in [0.717, 1.165) is 27.3 Å². The van der Waals surface area contributed by atoms with Gasteiger partial charge >= 0.3 is 0 Å². The molecule has 1 N–H and O–H groups in total. The summed E-state index contributed by atoms with van der Waals surface area (Å²) < 4.78 is 30.3. The maximum Gasteiger partial charge on any atom is 0.243 e. The van der Waals surface area contributed by atoms with Gasteiger partial charge in [0.15, 0.2) is 0 Å². The number of hydrogen-bond acceptors (Lipinski definition) is 5. The third-order valence-electron chi connectivity index (χ3n) is 6.12. The smallest absolute Gasteiger partial charge is 0.243 e. The number of halogens is 1. The van der Waals surface area contributed by atoms with Gasteiger partial charge in [-0.05, 0) is 34.9 Å². The first-order valence-electron chi connectivity index (χ1n) is 12.0. The lowest BCUT2D eigenvalue weighted by Gasteiger charge is -2.32. The molecule has 0 aromatic heterocycles. The summed E-state index contributed by atoms with van der Waals surface area (Å²) in [6.45, 7) is -0.132. The van der Waals surface area contributed by atoms with Crippen molar-refractivity contribution < 1.29 is 22.7 Å². The molecule has 0 unspecified atom stereocenters. The van der Waals surface area contributed by atoms with Crippen molar-refractivity contribution in [1.82, 2.24) is 14.5 Å². The average molecular weight is 558 g/mol. The Kier molecular flexibility index (Phi) is 10.3. The molecular weight excluding hydrogens is 526 g/mol. The zero-order valence-corrected chi connectivity index (χ0v) is 23.2. The third-order valence-corrected chi connectivity index (χ3v) is 7.75. The maximum absolute atomic E-state index is 13.7. The first-order valence-corrected chi connectivity index (χ1v) is 14.2. The number of carbonyl (C=O) groups excluding carboxylic acids is 2. The Balaban J connectivity index is 1.96. The van der Waals surface area contributed by atoms with Gasteiger partial charge in [0.2, 0.25) is 21.8 Å². The van der Waals surface area contributed by atoms with Crippen LogP contribution in [0.15, 0.2) is 78.9 Å². The summed E-state index contributed by atoms with van der Waals surface area (Å²) in [4.78, 5) is 28.7. The van der Waals surface area contributed by atoms with E-state index in [1.807, 2.05) is 42.5 Å². The second-order valence-electron chi connectivity index (χ2n) is 8.90. The maximum atomic E-state index is 13.7. The topological polar surface area (TPSA) is 96.0 Å². The molecule has 0 spiro atoms. The summed E-state index contributed by atoms with van der Waals surface area (Å²) in [5.74, 6) is -0.220. The number of hydrogen-bond donors (Lipinski definition) is 1. The van der Waals surface area contributed by atoms with Gasteiger partial charge in [-0.3, -0.25) is 9.59 Å². The third kappa shape index (κ3) is 8.31. The molecule has 0 heterocycles. The normalized spacial score (nSPS) is 12.1. The lowest BCUT2D eigenvalue weighted by molar-refractivity contribution is -0.141. The zero-order valence-electron chi connectivity index (χ0n) is 21.6. The minimum atomic E-state index is -3.62. The predicted octanol–water partition coefficient (Wildman–Crippen LogP) is 3.50. The fraction of sp³-hybridized carbons (Fsp3) is 0.286. The van der Waals surface area contributed by atoms with E-state index in [-0.39, 0.29) is 25.4 Å². The van der Waals surface area contributed by atoms with Crippen molar-refractivity contribution in [2.75, 3.05) is 27.0 Å². The highest BCUT2D eigenvalue weighted by Crippen LogP contribution is 2.19. The van der Waals surface area contributed by atoms with Gasteiger partial charge in [-0.25, -0.2) is 8.42 Å². The fourth-order valence-electron chi connectivity index (χ4n) is 3.82. The number of likely N-dealkylation sites (N-methyl/N-ethyl adjacent to an activating group) is 1. The number of nitrogens with one attached hydrogen (secondary N) is 1. The Hall–Kier alpha value is -3.40. The molecule has 0 aliphatic rings. The van der Waals surface area contributed by atoms with Gasteiger partial charge in [0.05, 0.1) is 19.9 Å². The van der Waals surface area contributed by atoms with E-state index in [2.05, 4.69) is 5.32 Å². The molecule has 0 aliphatic heterocycles. The van der Waals surface area contributed by atoms with Crippen LogP contribution < -0.4 is 10.1 Å². The number of amides is 2. The molecule has 3 rings (SSSR count). The quantitative estimate of drug-likeness (QED) is 0.368. The first-order chi connectivity index (χ1) is 18.1. The Bertz CT molecular complexity index is 1330. The van der Waals surface area contributed by atoms with Crippen molar-refractivity contribution in [3.8, 4) is 5.75 Å². The molecule has 0 saturated heterocycles. The van der Waals surface area contributed by atoms with Crippen LogP contribution in [0.25, 0.3) is 0 Å². The predicted molar refractivity (Wildman–Crippen MR) is 148 cm³/mol. The van der Waals surface area contributed by atoms with E-state index >= 15 is 0 Å². The largest absolute Gasteiger partial charge is 0.497 e. The highest BCUT2D eigenvalue weighted by atomic mass is 35.5. The number of carbonyl (C=O) groups is 2. The molecule has 3 aromatic rings. The minimum absolute atomic E-state index is 0.0947. The Morgan fingerprint density at radius 1 is 0.947 bits per heavy atom. The number of rotatable bonds is 12. The average Bonchev–Trinajstić information content (AvgIpc) is 2.90. The van der Waals surface area contributed by atoms with E-state index in [0.29, 0.717) is 10.8 Å². The van der Waals surface area contributed by atoms with Gasteiger partial charge < -0.3 is 15.0 Å². The Morgan fingerprint density at radius 2 is 1.58 bits per heavy atom. The number of sulfonamides is 1. The van der Waals surface area contributed by atoms with E-state index < -0.39 is 28.5 Å². The molecule has 0 bridgehead atoms. The summed E-state index contributed by atoms with van der Waals surface area (Å²) in [7, 11) is -0.719. The summed E-state index contributed by atoms with van der Waals surface area (Å²) >= 11 is 6.27. The summed E-state index contributed by atoms with van der Waals surface area (Å²) in [5, 5.41) is 3.44. The fourth-order valence-corrected chi connectivity index (χ4v) is 4.37. The molecule has 8 nitrogen and oxygen atoms in total. The van der Waals surface area contributed by atoms with Crippen molar-refractivity contribution in [2.24, 2.45) is 0 Å². The zero-order chi connectivity index (χ0) is 27.7. The van der Waals surface area contributed by atoms with Gasteiger partial charge in [0.25, 0.3) is 0 Å². The van der Waals surface area contributed by atoms with Crippen LogP contribution in [0.1, 0.15) is 16.7 Å². The van der Waals surface area contributed by atoms with Crippen LogP contribution in [0.2, 0.25) is 5.02 Å². The minimum Gasteiger partial charge on any atom is -0.497 e. The number of ether oxygens (including phenoxy) is 1. The van der Waals surface area contributed by atoms with Crippen LogP contribution in [0, 0.1) is 0 Å². The second-order valence-corrected chi connectivity index (χ2v) is 11.4. The molecule has 202 valence electrons. The van der Waals surface area contributed by atoms with Crippen LogP contribution in [0.3, 0.4) is 0 Å². The van der Waals surface area contributed by atoms with Crippen LogP contribution in [-0.2, 0) is 39.1 Å². The van der Waals surface area contributed by atoms with Crippen molar-refractivity contribution in [3.05, 3.63) is 101 Å². The van der Waals surface area contributed by atoms with Crippen LogP contribution in [0.5, 0.6) is 5.75 Å². The number of benzene rings is 3. The second kappa shape index (κ2) is 13.4. The molecule has 0 fully saturated rings. The van der Waals surface area contributed by atoms with E-state index in [1.165, 1.54) is 11.9 Å². The first kappa shape index (κ1) is 29.2.